The van der Waals surface area contributed by atoms with Gasteiger partial charge in [-0.05, 0) is 26.1 Å². The number of furan rings is 1. The van der Waals surface area contributed by atoms with Gasteiger partial charge in [-0.15, -0.1) is 0 Å². The van der Waals surface area contributed by atoms with Crippen molar-refractivity contribution in [2.75, 3.05) is 46.3 Å². The number of piperazine rings is 1. The molecule has 4 heterocycles. The molecule has 0 aliphatic carbocycles. The van der Waals surface area contributed by atoms with Crippen molar-refractivity contribution in [3.8, 4) is 0 Å². The molecule has 1 atom stereocenters. The molecule has 0 spiro atoms. The fourth-order valence-electron chi connectivity index (χ4n) is 4.05. The second kappa shape index (κ2) is 7.32. The maximum atomic E-state index is 5.81. The van der Waals surface area contributed by atoms with Crippen molar-refractivity contribution in [2.45, 2.75) is 26.6 Å². The monoisotopic (exact) mass is 343 g/mol. The number of imidazole rings is 1. The van der Waals surface area contributed by atoms with Gasteiger partial charge in [0.1, 0.15) is 17.3 Å². The Labute approximate surface area is 150 Å². The minimum absolute atomic E-state index is 0.620. The van der Waals surface area contributed by atoms with Gasteiger partial charge in [-0.2, -0.15) is 0 Å². The molecule has 136 valence electrons. The number of rotatable bonds is 4. The van der Waals surface area contributed by atoms with Crippen molar-refractivity contribution in [1.82, 2.24) is 24.3 Å². The zero-order chi connectivity index (χ0) is 17.2. The molecule has 25 heavy (non-hydrogen) atoms. The van der Waals surface area contributed by atoms with Crippen LogP contribution in [0.4, 0.5) is 0 Å². The van der Waals surface area contributed by atoms with Gasteiger partial charge < -0.3 is 18.8 Å². The zero-order valence-corrected chi connectivity index (χ0v) is 15.4. The Balaban J connectivity index is 1.45. The Morgan fingerprint density at radius 1 is 1.12 bits per heavy atom. The maximum Gasteiger partial charge on any atom is 0.122 e. The Bertz CT molecular complexity index is 686. The number of aromatic nitrogens is 2. The van der Waals surface area contributed by atoms with E-state index >= 15 is 0 Å². The lowest BCUT2D eigenvalue weighted by Crippen LogP contribution is -2.47. The molecule has 0 saturated carbocycles. The number of likely N-dealkylation sites (N-methyl/N-ethyl adjacent to an activating group) is 1. The second-order valence-electron chi connectivity index (χ2n) is 7.65. The van der Waals surface area contributed by atoms with Gasteiger partial charge >= 0.3 is 0 Å². The Kier molecular flexibility index (Phi) is 4.92. The number of nitrogens with zero attached hydrogens (tertiary/aromatic N) is 5. The van der Waals surface area contributed by atoms with Crippen molar-refractivity contribution >= 4 is 0 Å². The highest BCUT2D eigenvalue weighted by molar-refractivity contribution is 5.06. The largest absolute Gasteiger partial charge is 0.465 e. The van der Waals surface area contributed by atoms with E-state index in [2.05, 4.69) is 49.6 Å². The number of hydrogen-bond acceptors (Lipinski definition) is 5. The van der Waals surface area contributed by atoms with E-state index in [0.29, 0.717) is 5.92 Å². The molecule has 0 radical (unpaired) electrons. The van der Waals surface area contributed by atoms with Gasteiger partial charge in [0.2, 0.25) is 0 Å². The molecule has 0 aromatic carbocycles. The molecule has 0 bridgehead atoms. The third-order valence-corrected chi connectivity index (χ3v) is 5.43. The van der Waals surface area contributed by atoms with Crippen LogP contribution in [-0.4, -0.2) is 70.6 Å². The molecule has 1 fully saturated rings. The summed E-state index contributed by atoms with van der Waals surface area (Å²) in [4.78, 5) is 12.1. The van der Waals surface area contributed by atoms with Crippen LogP contribution in [0.2, 0.25) is 0 Å². The molecule has 2 aromatic rings. The van der Waals surface area contributed by atoms with Crippen LogP contribution < -0.4 is 0 Å². The summed E-state index contributed by atoms with van der Waals surface area (Å²) in [6, 6.07) is 4.15. The van der Waals surface area contributed by atoms with Crippen LogP contribution in [0, 0.1) is 12.8 Å². The van der Waals surface area contributed by atoms with Gasteiger partial charge in [-0.3, -0.25) is 4.90 Å². The first-order valence-corrected chi connectivity index (χ1v) is 9.34. The molecule has 2 aromatic heterocycles. The highest BCUT2D eigenvalue weighted by Gasteiger charge is 2.25. The minimum Gasteiger partial charge on any atom is -0.465 e. The van der Waals surface area contributed by atoms with Crippen LogP contribution in [0.1, 0.15) is 17.3 Å². The Morgan fingerprint density at radius 2 is 1.96 bits per heavy atom. The van der Waals surface area contributed by atoms with Crippen LogP contribution in [0.3, 0.4) is 0 Å². The van der Waals surface area contributed by atoms with E-state index in [1.165, 1.54) is 38.5 Å². The van der Waals surface area contributed by atoms with Crippen LogP contribution in [-0.2, 0) is 19.6 Å². The maximum absolute atomic E-state index is 5.81. The van der Waals surface area contributed by atoms with Gasteiger partial charge in [0, 0.05) is 64.1 Å². The lowest BCUT2D eigenvalue weighted by Gasteiger charge is -2.35. The standard InChI is InChI=1S/C19H29N5O/c1-16-3-4-18(25-16)14-23-12-17(11-22-9-7-21(2)8-10-22)13-24-6-5-20-19(24)15-23/h3-6,17H,7-15H2,1-2H3. The van der Waals surface area contributed by atoms with Gasteiger partial charge in [-0.25, -0.2) is 4.98 Å². The molecule has 1 unspecified atom stereocenters. The first kappa shape index (κ1) is 16.8. The highest BCUT2D eigenvalue weighted by atomic mass is 16.3. The SMILES string of the molecule is Cc1ccc(CN2Cc3nccn3CC(CN3CCN(C)CC3)C2)o1. The summed E-state index contributed by atoms with van der Waals surface area (Å²) in [5, 5.41) is 0. The number of aryl methyl sites for hydroxylation is 1. The summed E-state index contributed by atoms with van der Waals surface area (Å²) < 4.78 is 8.15. The van der Waals surface area contributed by atoms with Gasteiger partial charge in [0.15, 0.2) is 0 Å². The van der Waals surface area contributed by atoms with Crippen molar-refractivity contribution < 1.29 is 4.42 Å². The Hall–Kier alpha value is -1.63. The van der Waals surface area contributed by atoms with Gasteiger partial charge in [-0.1, -0.05) is 0 Å². The summed E-state index contributed by atoms with van der Waals surface area (Å²) in [5.74, 6) is 3.83. The molecule has 0 amide bonds. The quantitative estimate of drug-likeness (QED) is 0.845. The fraction of sp³-hybridized carbons (Fsp3) is 0.632. The third kappa shape index (κ3) is 4.14. The van der Waals surface area contributed by atoms with Crippen LogP contribution in [0.25, 0.3) is 0 Å². The predicted octanol–water partition coefficient (Wildman–Crippen LogP) is 1.66. The van der Waals surface area contributed by atoms with Crippen LogP contribution >= 0.6 is 0 Å². The zero-order valence-electron chi connectivity index (χ0n) is 15.4. The molecular weight excluding hydrogens is 314 g/mol. The van der Waals surface area contributed by atoms with E-state index in [0.717, 1.165) is 37.7 Å². The smallest absolute Gasteiger partial charge is 0.122 e. The predicted molar refractivity (Wildman–Crippen MR) is 97.2 cm³/mol. The van der Waals surface area contributed by atoms with E-state index in [1.54, 1.807) is 0 Å². The molecule has 1 saturated heterocycles. The fourth-order valence-corrected chi connectivity index (χ4v) is 4.05. The topological polar surface area (TPSA) is 40.7 Å². The molecular formula is C19H29N5O. The summed E-state index contributed by atoms with van der Waals surface area (Å²) in [5.41, 5.74) is 0. The molecule has 4 rings (SSSR count). The summed E-state index contributed by atoms with van der Waals surface area (Å²) in [6.45, 7) is 11.8. The lowest BCUT2D eigenvalue weighted by molar-refractivity contribution is 0.114. The molecule has 0 N–H and O–H groups in total. The minimum atomic E-state index is 0.620. The van der Waals surface area contributed by atoms with Crippen LogP contribution in [0.5, 0.6) is 0 Å². The number of fused-ring (bicyclic) bond motifs is 1. The Morgan fingerprint density at radius 3 is 2.72 bits per heavy atom. The molecule has 2 aliphatic rings. The lowest BCUT2D eigenvalue weighted by atomic mass is 10.1. The first-order chi connectivity index (χ1) is 12.2. The highest BCUT2D eigenvalue weighted by Crippen LogP contribution is 2.20. The average molecular weight is 343 g/mol. The molecule has 6 nitrogen and oxygen atoms in total. The average Bonchev–Trinajstić information content (AvgIpc) is 3.15. The van der Waals surface area contributed by atoms with E-state index in [4.69, 9.17) is 4.42 Å². The number of hydrogen-bond donors (Lipinski definition) is 0. The molecule has 6 heteroatoms. The van der Waals surface area contributed by atoms with E-state index in [9.17, 15) is 0 Å². The van der Waals surface area contributed by atoms with Crippen LogP contribution in [0.15, 0.2) is 28.9 Å². The molecule has 2 aliphatic heterocycles. The summed E-state index contributed by atoms with van der Waals surface area (Å²) in [6.07, 6.45) is 4.07. The van der Waals surface area contributed by atoms with E-state index in [1.807, 2.05) is 13.1 Å². The normalized spacial score (nSPS) is 23.5. The first-order valence-electron chi connectivity index (χ1n) is 9.34. The summed E-state index contributed by atoms with van der Waals surface area (Å²) >= 11 is 0. The van der Waals surface area contributed by atoms with Crippen molar-refractivity contribution in [3.05, 3.63) is 41.9 Å². The second-order valence-corrected chi connectivity index (χ2v) is 7.65. The van der Waals surface area contributed by atoms with Crippen molar-refractivity contribution in [3.63, 3.8) is 0 Å². The van der Waals surface area contributed by atoms with Gasteiger partial charge in [0.05, 0.1) is 13.1 Å². The van der Waals surface area contributed by atoms with E-state index < -0.39 is 0 Å². The summed E-state index contributed by atoms with van der Waals surface area (Å²) in [7, 11) is 2.22. The van der Waals surface area contributed by atoms with Crippen molar-refractivity contribution in [2.24, 2.45) is 5.92 Å². The van der Waals surface area contributed by atoms with E-state index in [-0.39, 0.29) is 0 Å². The van der Waals surface area contributed by atoms with Gasteiger partial charge in [0.25, 0.3) is 0 Å². The van der Waals surface area contributed by atoms with Crippen molar-refractivity contribution in [1.29, 1.82) is 0 Å². The third-order valence-electron chi connectivity index (χ3n) is 5.43.